The van der Waals surface area contributed by atoms with E-state index in [0.29, 0.717) is 6.61 Å². The Morgan fingerprint density at radius 2 is 1.58 bits per heavy atom. The van der Waals surface area contributed by atoms with Crippen LogP contribution >= 0.6 is 0 Å². The second-order valence-corrected chi connectivity index (χ2v) is 5.88. The minimum Gasteiger partial charge on any atom is -0.497 e. The van der Waals surface area contributed by atoms with Crippen molar-refractivity contribution in [3.63, 3.8) is 0 Å². The summed E-state index contributed by atoms with van der Waals surface area (Å²) in [4.78, 5) is 12.2. The Labute approximate surface area is 153 Å². The van der Waals surface area contributed by atoms with Crippen LogP contribution in [-0.2, 0) is 17.8 Å². The fourth-order valence-electron chi connectivity index (χ4n) is 2.55. The van der Waals surface area contributed by atoms with Crippen LogP contribution in [0.15, 0.2) is 78.9 Å². The molecule has 26 heavy (non-hydrogen) atoms. The number of ether oxygens (including phenoxy) is 2. The predicted molar refractivity (Wildman–Crippen MR) is 103 cm³/mol. The van der Waals surface area contributed by atoms with Gasteiger partial charge in [0, 0.05) is 5.69 Å². The summed E-state index contributed by atoms with van der Waals surface area (Å²) < 4.78 is 10.9. The highest BCUT2D eigenvalue weighted by Gasteiger charge is 2.06. The van der Waals surface area contributed by atoms with Crippen molar-refractivity contribution in [2.45, 2.75) is 13.0 Å². The monoisotopic (exact) mass is 347 g/mol. The average Bonchev–Trinajstić information content (AvgIpc) is 2.68. The number of hydrogen-bond acceptors (Lipinski definition) is 3. The molecule has 0 fully saturated rings. The quantitative estimate of drug-likeness (QED) is 0.687. The van der Waals surface area contributed by atoms with Crippen LogP contribution in [0.2, 0.25) is 0 Å². The molecule has 0 unspecified atom stereocenters. The molecule has 4 heteroatoms. The van der Waals surface area contributed by atoms with E-state index < -0.39 is 0 Å². The van der Waals surface area contributed by atoms with Gasteiger partial charge in [0.1, 0.15) is 18.1 Å². The molecule has 0 heterocycles. The first-order valence-electron chi connectivity index (χ1n) is 8.42. The van der Waals surface area contributed by atoms with Gasteiger partial charge in [-0.1, -0.05) is 42.5 Å². The summed E-state index contributed by atoms with van der Waals surface area (Å²) >= 11 is 0. The van der Waals surface area contributed by atoms with E-state index in [1.807, 2.05) is 78.9 Å². The van der Waals surface area contributed by atoms with Gasteiger partial charge in [-0.2, -0.15) is 0 Å². The highest BCUT2D eigenvalue weighted by molar-refractivity contribution is 5.92. The first-order chi connectivity index (χ1) is 12.7. The summed E-state index contributed by atoms with van der Waals surface area (Å²) in [7, 11) is 1.61. The molecule has 0 aromatic heterocycles. The van der Waals surface area contributed by atoms with Crippen molar-refractivity contribution >= 4 is 11.6 Å². The van der Waals surface area contributed by atoms with Crippen molar-refractivity contribution in [3.8, 4) is 11.5 Å². The maximum atomic E-state index is 12.2. The third-order valence-corrected chi connectivity index (χ3v) is 3.89. The molecule has 0 saturated heterocycles. The number of anilines is 1. The summed E-state index contributed by atoms with van der Waals surface area (Å²) in [6.45, 7) is 0.502. The summed E-state index contributed by atoms with van der Waals surface area (Å²) in [5, 5.41) is 2.88. The van der Waals surface area contributed by atoms with Crippen LogP contribution in [0.1, 0.15) is 11.1 Å². The lowest BCUT2D eigenvalue weighted by atomic mass is 10.1. The van der Waals surface area contributed by atoms with E-state index in [9.17, 15) is 4.79 Å². The average molecular weight is 347 g/mol. The van der Waals surface area contributed by atoms with Gasteiger partial charge in [-0.3, -0.25) is 4.79 Å². The molecule has 0 aliphatic rings. The molecule has 0 spiro atoms. The lowest BCUT2D eigenvalue weighted by Gasteiger charge is -2.09. The summed E-state index contributed by atoms with van der Waals surface area (Å²) in [5.74, 6) is 1.44. The molecule has 4 nitrogen and oxygen atoms in total. The minimum absolute atomic E-state index is 0.0737. The van der Waals surface area contributed by atoms with Crippen molar-refractivity contribution in [3.05, 3.63) is 90.0 Å². The minimum atomic E-state index is -0.0737. The molecule has 3 rings (SSSR count). The molecule has 0 aliphatic carbocycles. The van der Waals surface area contributed by atoms with Crippen molar-refractivity contribution in [2.24, 2.45) is 0 Å². The standard InChI is InChI=1S/C22H21NO3/c1-25-20-12-10-19(11-13-20)23-22(24)15-18-8-5-9-21(14-18)26-16-17-6-3-2-4-7-17/h2-14H,15-16H2,1H3,(H,23,24). The predicted octanol–water partition coefficient (Wildman–Crippen LogP) is 4.46. The molecular formula is C22H21NO3. The third-order valence-electron chi connectivity index (χ3n) is 3.89. The topological polar surface area (TPSA) is 47.6 Å². The maximum Gasteiger partial charge on any atom is 0.228 e. The molecule has 0 atom stereocenters. The Hall–Kier alpha value is -3.27. The number of methoxy groups -OCH3 is 1. The van der Waals surface area contributed by atoms with E-state index in [0.717, 1.165) is 28.3 Å². The van der Waals surface area contributed by atoms with Crippen molar-refractivity contribution in [1.29, 1.82) is 0 Å². The van der Waals surface area contributed by atoms with E-state index in [1.54, 1.807) is 7.11 Å². The molecule has 3 aromatic carbocycles. The van der Waals surface area contributed by atoms with Gasteiger partial charge in [0.15, 0.2) is 0 Å². The Morgan fingerprint density at radius 1 is 0.846 bits per heavy atom. The number of carbonyl (C=O) groups excluding carboxylic acids is 1. The Bertz CT molecular complexity index is 845. The highest BCUT2D eigenvalue weighted by atomic mass is 16.5. The largest absolute Gasteiger partial charge is 0.497 e. The number of amides is 1. The van der Waals surface area contributed by atoms with Crippen LogP contribution in [0, 0.1) is 0 Å². The van der Waals surface area contributed by atoms with E-state index >= 15 is 0 Å². The second kappa shape index (κ2) is 8.72. The smallest absolute Gasteiger partial charge is 0.228 e. The summed E-state index contributed by atoms with van der Waals surface area (Å²) in [5.41, 5.74) is 2.75. The fourth-order valence-corrected chi connectivity index (χ4v) is 2.55. The van der Waals surface area contributed by atoms with Crippen LogP contribution in [-0.4, -0.2) is 13.0 Å². The van der Waals surface area contributed by atoms with Crippen molar-refractivity contribution in [1.82, 2.24) is 0 Å². The lowest BCUT2D eigenvalue weighted by Crippen LogP contribution is -2.14. The number of rotatable bonds is 7. The lowest BCUT2D eigenvalue weighted by molar-refractivity contribution is -0.115. The maximum absolute atomic E-state index is 12.2. The zero-order valence-electron chi connectivity index (χ0n) is 14.6. The first-order valence-corrected chi connectivity index (χ1v) is 8.42. The van der Waals surface area contributed by atoms with Gasteiger partial charge in [0.05, 0.1) is 13.5 Å². The van der Waals surface area contributed by atoms with Crippen LogP contribution in [0.4, 0.5) is 5.69 Å². The zero-order chi connectivity index (χ0) is 18.2. The molecule has 0 aliphatic heterocycles. The van der Waals surface area contributed by atoms with Crippen molar-refractivity contribution < 1.29 is 14.3 Å². The molecule has 3 aromatic rings. The number of hydrogen-bond donors (Lipinski definition) is 1. The fraction of sp³-hybridized carbons (Fsp3) is 0.136. The third kappa shape index (κ3) is 5.11. The van der Waals surface area contributed by atoms with Gasteiger partial charge in [-0.05, 0) is 47.5 Å². The highest BCUT2D eigenvalue weighted by Crippen LogP contribution is 2.18. The molecule has 0 saturated carbocycles. The van der Waals surface area contributed by atoms with Crippen LogP contribution in [0.5, 0.6) is 11.5 Å². The first kappa shape index (κ1) is 17.5. The van der Waals surface area contributed by atoms with Crippen molar-refractivity contribution in [2.75, 3.05) is 12.4 Å². The number of benzene rings is 3. The number of nitrogens with one attached hydrogen (secondary N) is 1. The SMILES string of the molecule is COc1ccc(NC(=O)Cc2cccc(OCc3ccccc3)c2)cc1. The van der Waals surface area contributed by atoms with E-state index in [4.69, 9.17) is 9.47 Å². The van der Waals surface area contributed by atoms with E-state index in [1.165, 1.54) is 0 Å². The Morgan fingerprint density at radius 3 is 2.31 bits per heavy atom. The van der Waals surface area contributed by atoms with Gasteiger partial charge in [-0.15, -0.1) is 0 Å². The van der Waals surface area contributed by atoms with E-state index in [2.05, 4.69) is 5.32 Å². The normalized spacial score (nSPS) is 10.2. The summed E-state index contributed by atoms with van der Waals surface area (Å²) in [6, 6.07) is 24.9. The zero-order valence-corrected chi connectivity index (χ0v) is 14.6. The molecule has 1 amide bonds. The Balaban J connectivity index is 1.56. The van der Waals surface area contributed by atoms with E-state index in [-0.39, 0.29) is 12.3 Å². The summed E-state index contributed by atoms with van der Waals surface area (Å²) in [6.07, 6.45) is 0.286. The van der Waals surface area contributed by atoms with Crippen LogP contribution in [0.3, 0.4) is 0 Å². The van der Waals surface area contributed by atoms with Crippen LogP contribution in [0.25, 0.3) is 0 Å². The molecule has 0 bridgehead atoms. The molecule has 1 N–H and O–H groups in total. The van der Waals surface area contributed by atoms with Gasteiger partial charge in [-0.25, -0.2) is 0 Å². The van der Waals surface area contributed by atoms with Gasteiger partial charge in [0.2, 0.25) is 5.91 Å². The molecule has 0 radical (unpaired) electrons. The molecular weight excluding hydrogens is 326 g/mol. The Kier molecular flexibility index (Phi) is 5.88. The van der Waals surface area contributed by atoms with Gasteiger partial charge in [0.25, 0.3) is 0 Å². The second-order valence-electron chi connectivity index (χ2n) is 5.88. The van der Waals surface area contributed by atoms with Gasteiger partial charge >= 0.3 is 0 Å². The number of carbonyl (C=O) groups is 1. The molecule has 132 valence electrons. The van der Waals surface area contributed by atoms with Gasteiger partial charge < -0.3 is 14.8 Å². The van der Waals surface area contributed by atoms with Crippen LogP contribution < -0.4 is 14.8 Å².